The van der Waals surface area contributed by atoms with Crippen LogP contribution in [-0.2, 0) is 0 Å². The Morgan fingerprint density at radius 2 is 2.00 bits per heavy atom. The molecule has 0 radical (unpaired) electrons. The van der Waals surface area contributed by atoms with Crippen LogP contribution >= 0.6 is 0 Å². The van der Waals surface area contributed by atoms with Crippen LogP contribution in [0.5, 0.6) is 0 Å². The molecule has 0 spiro atoms. The molecule has 4 heteroatoms. The average molecular weight is 146 g/mol. The van der Waals surface area contributed by atoms with Crippen LogP contribution in [-0.4, -0.2) is 19.9 Å². The van der Waals surface area contributed by atoms with Gasteiger partial charge in [0.2, 0.25) is 0 Å². The quantitative estimate of drug-likeness (QED) is 0.649. The third-order valence-electron chi connectivity index (χ3n) is 1.35. The monoisotopic (exact) mass is 146 g/mol. The molecule has 0 aliphatic heterocycles. The van der Waals surface area contributed by atoms with Crippen LogP contribution < -0.4 is 0 Å². The number of aromatic amines is 1. The van der Waals surface area contributed by atoms with Crippen LogP contribution in [0.2, 0.25) is 0 Å². The first-order valence-electron chi connectivity index (χ1n) is 3.22. The molecule has 2 rings (SSSR count). The Balaban J connectivity index is 2.46. The Morgan fingerprint density at radius 1 is 1.18 bits per heavy atom. The highest BCUT2D eigenvalue weighted by Gasteiger charge is 1.97. The lowest BCUT2D eigenvalue weighted by atomic mass is 10.3. The summed E-state index contributed by atoms with van der Waals surface area (Å²) in [6.45, 7) is 0. The van der Waals surface area contributed by atoms with Crippen molar-refractivity contribution in [3.05, 3.63) is 31.1 Å². The van der Waals surface area contributed by atoms with Gasteiger partial charge in [-0.05, 0) is 6.07 Å². The smallest absolute Gasteiger partial charge is 0.164 e. The number of hydrogen-bond donors (Lipinski definition) is 1. The summed E-state index contributed by atoms with van der Waals surface area (Å²) in [7, 11) is 0. The largest absolute Gasteiger partial charge is 0.367 e. The van der Waals surface area contributed by atoms with Crippen LogP contribution in [0, 0.1) is 0 Å². The van der Waals surface area contributed by atoms with E-state index >= 15 is 0 Å². The predicted molar refractivity (Wildman–Crippen MR) is 39.6 cm³/mol. The summed E-state index contributed by atoms with van der Waals surface area (Å²) in [4.78, 5) is 14.6. The molecule has 0 atom stereocenters. The van der Waals surface area contributed by atoms with E-state index in [-0.39, 0.29) is 0 Å². The van der Waals surface area contributed by atoms with E-state index in [2.05, 4.69) is 19.9 Å². The number of nitrogens with one attached hydrogen (secondary N) is 1. The van der Waals surface area contributed by atoms with Gasteiger partial charge in [-0.25, -0.2) is 15.0 Å². The molecule has 1 N–H and O–H groups in total. The molecule has 0 unspecified atom stereocenters. The number of aromatic nitrogens is 4. The van der Waals surface area contributed by atoms with E-state index in [4.69, 9.17) is 0 Å². The second-order valence-corrected chi connectivity index (χ2v) is 2.06. The molecule has 0 saturated carbocycles. The molecule has 0 saturated heterocycles. The highest BCUT2D eigenvalue weighted by molar-refractivity contribution is 5.52. The summed E-state index contributed by atoms with van der Waals surface area (Å²) in [5, 5.41) is 0. The van der Waals surface area contributed by atoms with Gasteiger partial charge in [-0.15, -0.1) is 0 Å². The Labute approximate surface area is 63.4 Å². The number of hydrogen-bond acceptors (Lipinski definition) is 3. The third kappa shape index (κ3) is 1.10. The molecule has 54 valence electrons. The van der Waals surface area contributed by atoms with Crippen LogP contribution in [0.4, 0.5) is 0 Å². The van der Waals surface area contributed by atoms with E-state index in [1.807, 2.05) is 18.5 Å². The van der Waals surface area contributed by atoms with Crippen molar-refractivity contribution in [3.63, 3.8) is 0 Å². The summed E-state index contributed by atoms with van der Waals surface area (Å²) in [5.74, 6) is 0.696. The maximum absolute atomic E-state index is 3.98. The number of H-pyrrole nitrogens is 1. The number of rotatable bonds is 1. The van der Waals surface area contributed by atoms with Crippen molar-refractivity contribution in [2.45, 2.75) is 0 Å². The molecule has 0 bridgehead atoms. The minimum atomic E-state index is 0.696. The van der Waals surface area contributed by atoms with Gasteiger partial charge in [0.1, 0.15) is 12.7 Å². The Hall–Kier alpha value is -1.71. The van der Waals surface area contributed by atoms with E-state index in [0.717, 1.165) is 5.56 Å². The molecule has 0 aliphatic carbocycles. The summed E-state index contributed by atoms with van der Waals surface area (Å²) in [6.07, 6.45) is 6.64. The Morgan fingerprint density at radius 3 is 2.64 bits per heavy atom. The molecule has 0 aliphatic rings. The van der Waals surface area contributed by atoms with Gasteiger partial charge in [-0.3, -0.25) is 0 Å². The zero-order chi connectivity index (χ0) is 7.52. The van der Waals surface area contributed by atoms with Gasteiger partial charge in [-0.1, -0.05) is 0 Å². The van der Waals surface area contributed by atoms with Crippen molar-refractivity contribution >= 4 is 0 Å². The fourth-order valence-corrected chi connectivity index (χ4v) is 0.851. The molecule has 0 fully saturated rings. The summed E-state index contributed by atoms with van der Waals surface area (Å²) in [5.41, 5.74) is 0.979. The van der Waals surface area contributed by atoms with Crippen molar-refractivity contribution in [3.8, 4) is 11.4 Å². The van der Waals surface area contributed by atoms with E-state index in [9.17, 15) is 0 Å². The van der Waals surface area contributed by atoms with Crippen LogP contribution in [0.25, 0.3) is 11.4 Å². The molecule has 4 nitrogen and oxygen atoms in total. The van der Waals surface area contributed by atoms with Crippen LogP contribution in [0.15, 0.2) is 31.1 Å². The van der Waals surface area contributed by atoms with Crippen LogP contribution in [0.1, 0.15) is 0 Å². The first kappa shape index (κ1) is 6.03. The lowest BCUT2D eigenvalue weighted by Gasteiger charge is -1.90. The molecule has 2 heterocycles. The highest BCUT2D eigenvalue weighted by atomic mass is 15.0. The first-order chi connectivity index (χ1) is 5.47. The molecular formula is C7H6N4. The fraction of sp³-hybridized carbons (Fsp3) is 0. The van der Waals surface area contributed by atoms with Gasteiger partial charge in [0.05, 0.1) is 0 Å². The second-order valence-electron chi connectivity index (χ2n) is 2.06. The molecule has 0 aromatic carbocycles. The van der Waals surface area contributed by atoms with Gasteiger partial charge in [0.25, 0.3) is 0 Å². The first-order valence-corrected chi connectivity index (χ1v) is 3.22. The predicted octanol–water partition coefficient (Wildman–Crippen LogP) is 0.867. The average Bonchev–Trinajstić information content (AvgIpc) is 2.58. The van der Waals surface area contributed by atoms with E-state index in [1.54, 1.807) is 0 Å². The fourth-order valence-electron chi connectivity index (χ4n) is 0.851. The Kier molecular flexibility index (Phi) is 1.37. The van der Waals surface area contributed by atoms with Crippen molar-refractivity contribution in [1.82, 2.24) is 19.9 Å². The molecule has 0 amide bonds. The van der Waals surface area contributed by atoms with E-state index < -0.39 is 0 Å². The standard InChI is InChI=1S/C7H6N4/c1-2-8-3-6(1)7-10-4-9-5-11-7/h1-5,8H. The van der Waals surface area contributed by atoms with Crippen molar-refractivity contribution < 1.29 is 0 Å². The zero-order valence-electron chi connectivity index (χ0n) is 5.73. The van der Waals surface area contributed by atoms with Crippen molar-refractivity contribution in [1.29, 1.82) is 0 Å². The van der Waals surface area contributed by atoms with E-state index in [1.165, 1.54) is 12.7 Å². The summed E-state index contributed by atoms with van der Waals surface area (Å²) in [6, 6.07) is 1.91. The minimum Gasteiger partial charge on any atom is -0.367 e. The van der Waals surface area contributed by atoms with Gasteiger partial charge < -0.3 is 4.98 Å². The molecule has 11 heavy (non-hydrogen) atoms. The second kappa shape index (κ2) is 2.49. The van der Waals surface area contributed by atoms with E-state index in [0.29, 0.717) is 5.82 Å². The zero-order valence-corrected chi connectivity index (χ0v) is 5.73. The number of nitrogens with zero attached hydrogens (tertiary/aromatic N) is 3. The third-order valence-corrected chi connectivity index (χ3v) is 1.35. The van der Waals surface area contributed by atoms with Crippen molar-refractivity contribution in [2.24, 2.45) is 0 Å². The Bertz CT molecular complexity index is 313. The molecular weight excluding hydrogens is 140 g/mol. The van der Waals surface area contributed by atoms with Gasteiger partial charge in [-0.2, -0.15) is 0 Å². The molecule has 2 aromatic rings. The van der Waals surface area contributed by atoms with Crippen molar-refractivity contribution in [2.75, 3.05) is 0 Å². The van der Waals surface area contributed by atoms with Gasteiger partial charge in [0, 0.05) is 18.0 Å². The molecule has 2 aromatic heterocycles. The SMILES string of the molecule is c1ncnc(-c2cc[nH]c2)n1. The van der Waals surface area contributed by atoms with Gasteiger partial charge >= 0.3 is 0 Å². The topological polar surface area (TPSA) is 54.5 Å². The lowest BCUT2D eigenvalue weighted by Crippen LogP contribution is -1.86. The summed E-state index contributed by atoms with van der Waals surface area (Å²) < 4.78 is 0. The highest BCUT2D eigenvalue weighted by Crippen LogP contribution is 2.09. The maximum atomic E-state index is 3.98. The lowest BCUT2D eigenvalue weighted by molar-refractivity contribution is 1.06. The van der Waals surface area contributed by atoms with Crippen LogP contribution in [0.3, 0.4) is 0 Å². The maximum Gasteiger partial charge on any atom is 0.164 e. The normalized spacial score (nSPS) is 9.82. The summed E-state index contributed by atoms with van der Waals surface area (Å²) >= 11 is 0. The van der Waals surface area contributed by atoms with Gasteiger partial charge in [0.15, 0.2) is 5.82 Å². The minimum absolute atomic E-state index is 0.696.